The maximum absolute atomic E-state index is 12.3. The second-order valence-electron chi connectivity index (χ2n) is 6.53. The van der Waals surface area contributed by atoms with Gasteiger partial charge in [0.15, 0.2) is 0 Å². The lowest BCUT2D eigenvalue weighted by Crippen LogP contribution is -2.34. The Morgan fingerprint density at radius 1 is 1.07 bits per heavy atom. The second kappa shape index (κ2) is 7.85. The highest BCUT2D eigenvalue weighted by molar-refractivity contribution is 5.94. The SMILES string of the molecule is N#Cc1cccc(C(=O)NCC2Cc3cc(Oc4ccccc4)ccc3O2)c1. The van der Waals surface area contributed by atoms with Gasteiger partial charge in [-0.25, -0.2) is 0 Å². The van der Waals surface area contributed by atoms with E-state index in [1.165, 1.54) is 0 Å². The molecule has 1 amide bonds. The number of rotatable bonds is 5. The van der Waals surface area contributed by atoms with E-state index in [1.807, 2.05) is 54.6 Å². The fourth-order valence-electron chi connectivity index (χ4n) is 3.14. The maximum Gasteiger partial charge on any atom is 0.251 e. The lowest BCUT2D eigenvalue weighted by atomic mass is 10.1. The van der Waals surface area contributed by atoms with Crippen LogP contribution in [-0.2, 0) is 6.42 Å². The average molecular weight is 370 g/mol. The van der Waals surface area contributed by atoms with Crippen molar-refractivity contribution in [2.45, 2.75) is 12.5 Å². The zero-order valence-corrected chi connectivity index (χ0v) is 15.1. The van der Waals surface area contributed by atoms with Gasteiger partial charge in [0.1, 0.15) is 23.4 Å². The smallest absolute Gasteiger partial charge is 0.251 e. The van der Waals surface area contributed by atoms with Crippen molar-refractivity contribution in [3.05, 3.63) is 89.5 Å². The van der Waals surface area contributed by atoms with Gasteiger partial charge in [0.25, 0.3) is 5.91 Å². The first-order valence-corrected chi connectivity index (χ1v) is 9.02. The molecule has 1 aliphatic heterocycles. The van der Waals surface area contributed by atoms with Crippen LogP contribution in [0.15, 0.2) is 72.8 Å². The predicted octanol–water partition coefficient (Wildman–Crippen LogP) is 4.08. The molecule has 5 nitrogen and oxygen atoms in total. The van der Waals surface area contributed by atoms with Crippen molar-refractivity contribution >= 4 is 5.91 Å². The van der Waals surface area contributed by atoms with Crippen LogP contribution in [0.4, 0.5) is 0 Å². The number of carbonyl (C=O) groups is 1. The number of hydrogen-bond acceptors (Lipinski definition) is 4. The zero-order chi connectivity index (χ0) is 19.3. The molecule has 5 heteroatoms. The number of nitriles is 1. The molecule has 0 bridgehead atoms. The number of nitrogens with zero attached hydrogens (tertiary/aromatic N) is 1. The first kappa shape index (κ1) is 17.6. The van der Waals surface area contributed by atoms with Gasteiger partial charge in [-0.05, 0) is 48.5 Å². The Bertz CT molecular complexity index is 1040. The van der Waals surface area contributed by atoms with E-state index in [9.17, 15) is 4.79 Å². The van der Waals surface area contributed by atoms with Gasteiger partial charge >= 0.3 is 0 Å². The predicted molar refractivity (Wildman–Crippen MR) is 105 cm³/mol. The zero-order valence-electron chi connectivity index (χ0n) is 15.1. The highest BCUT2D eigenvalue weighted by Crippen LogP contribution is 2.33. The fraction of sp³-hybridized carbons (Fsp3) is 0.130. The third kappa shape index (κ3) is 3.97. The number of ether oxygens (including phenoxy) is 2. The third-order valence-corrected chi connectivity index (χ3v) is 4.50. The Morgan fingerprint density at radius 2 is 1.93 bits per heavy atom. The van der Waals surface area contributed by atoms with Crippen molar-refractivity contribution in [3.63, 3.8) is 0 Å². The Hall–Kier alpha value is -3.78. The van der Waals surface area contributed by atoms with Gasteiger partial charge in [-0.3, -0.25) is 4.79 Å². The van der Waals surface area contributed by atoms with Gasteiger partial charge in [0.2, 0.25) is 0 Å². The average Bonchev–Trinajstić information content (AvgIpc) is 3.15. The molecule has 1 unspecified atom stereocenters. The largest absolute Gasteiger partial charge is 0.488 e. The number of nitrogens with one attached hydrogen (secondary N) is 1. The van der Waals surface area contributed by atoms with Crippen LogP contribution in [0.5, 0.6) is 17.2 Å². The van der Waals surface area contributed by atoms with Gasteiger partial charge in [-0.15, -0.1) is 0 Å². The van der Waals surface area contributed by atoms with Crippen LogP contribution in [0.1, 0.15) is 21.5 Å². The van der Waals surface area contributed by atoms with Crippen LogP contribution in [0.3, 0.4) is 0 Å². The van der Waals surface area contributed by atoms with Crippen molar-refractivity contribution in [2.24, 2.45) is 0 Å². The Morgan fingerprint density at radius 3 is 2.75 bits per heavy atom. The van der Waals surface area contributed by atoms with Crippen LogP contribution >= 0.6 is 0 Å². The van der Waals surface area contributed by atoms with E-state index >= 15 is 0 Å². The summed E-state index contributed by atoms with van der Waals surface area (Å²) < 4.78 is 11.8. The van der Waals surface area contributed by atoms with Crippen LogP contribution in [-0.4, -0.2) is 18.6 Å². The third-order valence-electron chi connectivity index (χ3n) is 4.50. The number of para-hydroxylation sites is 1. The van der Waals surface area contributed by atoms with E-state index in [-0.39, 0.29) is 12.0 Å². The summed E-state index contributed by atoms with van der Waals surface area (Å²) in [5.41, 5.74) is 1.98. The number of hydrogen-bond donors (Lipinski definition) is 1. The summed E-state index contributed by atoms with van der Waals surface area (Å²) in [5, 5.41) is 11.8. The molecule has 0 aromatic heterocycles. The van der Waals surface area contributed by atoms with Crippen molar-refractivity contribution in [3.8, 4) is 23.3 Å². The summed E-state index contributed by atoms with van der Waals surface area (Å²) in [7, 11) is 0. The minimum atomic E-state index is -0.218. The summed E-state index contributed by atoms with van der Waals surface area (Å²) in [5.74, 6) is 2.13. The number of amides is 1. The standard InChI is InChI=1S/C23H18N2O3/c24-14-16-5-4-6-17(11-16)23(26)25-15-21-13-18-12-20(9-10-22(18)28-21)27-19-7-2-1-3-8-19/h1-12,21H,13,15H2,(H,25,26). The van der Waals surface area contributed by atoms with Gasteiger partial charge in [-0.1, -0.05) is 24.3 Å². The van der Waals surface area contributed by atoms with E-state index in [4.69, 9.17) is 14.7 Å². The Labute approximate surface area is 163 Å². The molecule has 1 N–H and O–H groups in total. The molecular weight excluding hydrogens is 352 g/mol. The van der Waals surface area contributed by atoms with Crippen molar-refractivity contribution in [1.82, 2.24) is 5.32 Å². The van der Waals surface area contributed by atoms with Gasteiger partial charge < -0.3 is 14.8 Å². The molecule has 0 saturated heterocycles. The summed E-state index contributed by atoms with van der Waals surface area (Å²) in [6, 6.07) is 24.0. The molecule has 0 aliphatic carbocycles. The van der Waals surface area contributed by atoms with Crippen molar-refractivity contribution < 1.29 is 14.3 Å². The van der Waals surface area contributed by atoms with E-state index in [0.29, 0.717) is 24.1 Å². The van der Waals surface area contributed by atoms with Gasteiger partial charge in [-0.2, -0.15) is 5.26 Å². The summed E-state index contributed by atoms with van der Waals surface area (Å²) >= 11 is 0. The van der Waals surface area contributed by atoms with Crippen LogP contribution in [0.2, 0.25) is 0 Å². The maximum atomic E-state index is 12.3. The molecule has 3 aromatic carbocycles. The van der Waals surface area contributed by atoms with Crippen LogP contribution < -0.4 is 14.8 Å². The molecule has 1 heterocycles. The second-order valence-corrected chi connectivity index (χ2v) is 6.53. The van der Waals surface area contributed by atoms with E-state index in [1.54, 1.807) is 24.3 Å². The minimum absolute atomic E-state index is 0.134. The number of benzene rings is 3. The molecular formula is C23H18N2O3. The molecule has 4 rings (SSSR count). The topological polar surface area (TPSA) is 71.4 Å². The highest BCUT2D eigenvalue weighted by atomic mass is 16.5. The molecule has 1 atom stereocenters. The Kier molecular flexibility index (Phi) is 4.94. The molecule has 1 aliphatic rings. The summed E-state index contributed by atoms with van der Waals surface area (Å²) in [6.45, 7) is 0.388. The lowest BCUT2D eigenvalue weighted by Gasteiger charge is -2.12. The summed E-state index contributed by atoms with van der Waals surface area (Å²) in [6.07, 6.45) is 0.560. The van der Waals surface area contributed by atoms with E-state index < -0.39 is 0 Å². The van der Waals surface area contributed by atoms with Gasteiger partial charge in [0.05, 0.1) is 18.2 Å². The highest BCUT2D eigenvalue weighted by Gasteiger charge is 2.24. The normalized spacial score (nSPS) is 14.5. The first-order chi connectivity index (χ1) is 13.7. The van der Waals surface area contributed by atoms with Crippen LogP contribution in [0, 0.1) is 11.3 Å². The molecule has 0 fully saturated rings. The van der Waals surface area contributed by atoms with E-state index in [0.717, 1.165) is 22.8 Å². The molecule has 0 radical (unpaired) electrons. The molecule has 3 aromatic rings. The summed E-state index contributed by atoms with van der Waals surface area (Å²) in [4.78, 5) is 12.3. The molecule has 28 heavy (non-hydrogen) atoms. The van der Waals surface area contributed by atoms with Crippen LogP contribution in [0.25, 0.3) is 0 Å². The first-order valence-electron chi connectivity index (χ1n) is 9.02. The minimum Gasteiger partial charge on any atom is -0.488 e. The van der Waals surface area contributed by atoms with Crippen molar-refractivity contribution in [2.75, 3.05) is 6.54 Å². The molecule has 0 saturated carbocycles. The quantitative estimate of drug-likeness (QED) is 0.734. The molecule has 138 valence electrons. The number of carbonyl (C=O) groups excluding carboxylic acids is 1. The lowest BCUT2D eigenvalue weighted by molar-refractivity contribution is 0.0933. The van der Waals surface area contributed by atoms with E-state index in [2.05, 4.69) is 5.32 Å². The Balaban J connectivity index is 1.36. The van der Waals surface area contributed by atoms with Crippen molar-refractivity contribution in [1.29, 1.82) is 5.26 Å². The van der Waals surface area contributed by atoms with Gasteiger partial charge in [0, 0.05) is 17.5 Å². The fourth-order valence-corrected chi connectivity index (χ4v) is 3.14. The molecule has 0 spiro atoms. The monoisotopic (exact) mass is 370 g/mol. The number of fused-ring (bicyclic) bond motifs is 1.